The summed E-state index contributed by atoms with van der Waals surface area (Å²) >= 11 is 0. The van der Waals surface area contributed by atoms with E-state index in [1.807, 2.05) is 25.1 Å². The minimum Gasteiger partial charge on any atom is -0.465 e. The molecule has 0 bridgehead atoms. The van der Waals surface area contributed by atoms with Gasteiger partial charge in [0.15, 0.2) is 0 Å². The largest absolute Gasteiger partial charge is 0.465 e. The van der Waals surface area contributed by atoms with E-state index >= 15 is 0 Å². The molecule has 2 heterocycles. The van der Waals surface area contributed by atoms with Crippen LogP contribution in [-0.2, 0) is 9.47 Å². The molecule has 4 rings (SSSR count). The van der Waals surface area contributed by atoms with Gasteiger partial charge in [0.1, 0.15) is 0 Å². The van der Waals surface area contributed by atoms with Crippen LogP contribution in [0.15, 0.2) is 24.3 Å². The molecule has 1 N–H and O–H groups in total. The molecule has 1 aromatic carbocycles. The number of carbonyl (C=O) groups excluding carboxylic acids is 1. The van der Waals surface area contributed by atoms with Gasteiger partial charge in [0.25, 0.3) is 0 Å². The van der Waals surface area contributed by atoms with Crippen molar-refractivity contribution in [2.75, 3.05) is 20.3 Å². The number of benzene rings is 1. The number of nitrogens with one attached hydrogen (secondary N) is 1. The number of hydrogen-bond donors (Lipinski definition) is 1. The van der Waals surface area contributed by atoms with Crippen LogP contribution in [0.5, 0.6) is 0 Å². The van der Waals surface area contributed by atoms with Crippen LogP contribution in [0.25, 0.3) is 10.9 Å². The van der Waals surface area contributed by atoms with E-state index in [4.69, 9.17) is 9.47 Å². The Kier molecular flexibility index (Phi) is 5.23. The maximum absolute atomic E-state index is 12.4. The van der Waals surface area contributed by atoms with Crippen molar-refractivity contribution in [2.45, 2.75) is 64.1 Å². The van der Waals surface area contributed by atoms with E-state index in [-0.39, 0.29) is 11.5 Å². The van der Waals surface area contributed by atoms with E-state index in [1.165, 1.54) is 32.8 Å². The van der Waals surface area contributed by atoms with Gasteiger partial charge in [0.05, 0.1) is 31.4 Å². The van der Waals surface area contributed by atoms with E-state index in [0.29, 0.717) is 23.6 Å². The second-order valence-corrected chi connectivity index (χ2v) is 8.89. The van der Waals surface area contributed by atoms with E-state index in [1.54, 1.807) is 0 Å². The van der Waals surface area contributed by atoms with Crippen molar-refractivity contribution >= 4 is 16.9 Å². The van der Waals surface area contributed by atoms with E-state index < -0.39 is 0 Å². The van der Waals surface area contributed by atoms with Crippen molar-refractivity contribution in [2.24, 2.45) is 5.92 Å². The molecule has 0 spiro atoms. The summed E-state index contributed by atoms with van der Waals surface area (Å²) in [6.07, 6.45) is 4.81. The Hall–Kier alpha value is -1.85. The third-order valence-corrected chi connectivity index (χ3v) is 6.80. The van der Waals surface area contributed by atoms with Crippen molar-refractivity contribution in [3.05, 3.63) is 35.5 Å². The molecule has 1 saturated heterocycles. The number of methoxy groups -OCH3 is 1. The first-order valence-electron chi connectivity index (χ1n) is 10.5. The minimum absolute atomic E-state index is 0.172. The first-order chi connectivity index (χ1) is 13.4. The summed E-state index contributed by atoms with van der Waals surface area (Å²) in [6, 6.07) is 9.13. The van der Waals surface area contributed by atoms with Crippen LogP contribution in [0, 0.1) is 12.8 Å². The summed E-state index contributed by atoms with van der Waals surface area (Å²) in [6.45, 7) is 8.27. The van der Waals surface area contributed by atoms with Gasteiger partial charge in [0.2, 0.25) is 0 Å². The number of nitrogens with zero attached hydrogens (tertiary/aromatic N) is 1. The third-order valence-electron chi connectivity index (χ3n) is 6.80. The van der Waals surface area contributed by atoms with Gasteiger partial charge in [-0.05, 0) is 58.4 Å². The lowest BCUT2D eigenvalue weighted by atomic mass is 9.81. The zero-order chi connectivity index (χ0) is 19.9. The summed E-state index contributed by atoms with van der Waals surface area (Å²) in [7, 11) is 1.46. The zero-order valence-corrected chi connectivity index (χ0v) is 17.5. The van der Waals surface area contributed by atoms with Gasteiger partial charge in [-0.3, -0.25) is 0 Å². The number of fused-ring (bicyclic) bond motifs is 1. The lowest BCUT2D eigenvalue weighted by Gasteiger charge is -2.44. The van der Waals surface area contributed by atoms with Crippen LogP contribution in [0.4, 0.5) is 0 Å². The highest BCUT2D eigenvalue weighted by atomic mass is 16.5. The summed E-state index contributed by atoms with van der Waals surface area (Å²) in [4.78, 5) is 12.4. The Balaban J connectivity index is 1.54. The average Bonchev–Trinajstić information content (AvgIpc) is 2.98. The van der Waals surface area contributed by atoms with Crippen molar-refractivity contribution < 1.29 is 14.3 Å². The SMILES string of the molecule is COC(=O)c1c(C)n([C@H](C)C2CCC(NC3(C)COC3)CC2)c2ccccc12. The highest BCUT2D eigenvalue weighted by Crippen LogP contribution is 2.38. The van der Waals surface area contributed by atoms with Gasteiger partial charge < -0.3 is 19.4 Å². The number of ether oxygens (including phenoxy) is 2. The van der Waals surface area contributed by atoms with Crippen LogP contribution < -0.4 is 5.32 Å². The molecule has 1 saturated carbocycles. The van der Waals surface area contributed by atoms with Gasteiger partial charge in [-0.1, -0.05) is 18.2 Å². The smallest absolute Gasteiger partial charge is 0.340 e. The molecule has 1 aliphatic heterocycles. The van der Waals surface area contributed by atoms with Gasteiger partial charge in [-0.15, -0.1) is 0 Å². The Morgan fingerprint density at radius 2 is 1.93 bits per heavy atom. The van der Waals surface area contributed by atoms with Gasteiger partial charge >= 0.3 is 5.97 Å². The number of carbonyl (C=O) groups is 1. The van der Waals surface area contributed by atoms with Crippen LogP contribution in [0.2, 0.25) is 0 Å². The second-order valence-electron chi connectivity index (χ2n) is 8.89. The van der Waals surface area contributed by atoms with Gasteiger partial charge in [-0.2, -0.15) is 0 Å². The standard InChI is InChI=1S/C23H32N2O3/c1-15(17-9-11-18(12-10-17)24-23(3)13-28-14-23)25-16(2)21(22(26)27-4)19-7-5-6-8-20(19)25/h5-8,15,17-18,24H,9-14H2,1-4H3/t15-,17?,18?/m1/s1. The predicted molar refractivity (Wildman–Crippen MR) is 111 cm³/mol. The number of para-hydroxylation sites is 1. The monoisotopic (exact) mass is 384 g/mol. The molecule has 5 heteroatoms. The maximum Gasteiger partial charge on any atom is 0.340 e. The minimum atomic E-state index is -0.247. The van der Waals surface area contributed by atoms with Crippen LogP contribution >= 0.6 is 0 Å². The van der Waals surface area contributed by atoms with Crippen LogP contribution in [0.3, 0.4) is 0 Å². The lowest BCUT2D eigenvalue weighted by molar-refractivity contribution is -0.0719. The molecule has 1 aromatic heterocycles. The van der Waals surface area contributed by atoms with E-state index in [2.05, 4.69) is 29.8 Å². The summed E-state index contributed by atoms with van der Waals surface area (Å²) in [5, 5.41) is 4.80. The summed E-state index contributed by atoms with van der Waals surface area (Å²) in [5.74, 6) is 0.368. The highest BCUT2D eigenvalue weighted by molar-refractivity contribution is 6.05. The Morgan fingerprint density at radius 1 is 1.25 bits per heavy atom. The van der Waals surface area contributed by atoms with Crippen molar-refractivity contribution in [1.82, 2.24) is 9.88 Å². The van der Waals surface area contributed by atoms with Crippen LogP contribution in [-0.4, -0.2) is 42.4 Å². The Morgan fingerprint density at radius 3 is 2.54 bits per heavy atom. The third kappa shape index (κ3) is 3.35. The summed E-state index contributed by atoms with van der Waals surface area (Å²) < 4.78 is 12.8. The van der Waals surface area contributed by atoms with E-state index in [9.17, 15) is 4.79 Å². The first kappa shape index (κ1) is 19.5. The fraction of sp³-hybridized carbons (Fsp3) is 0.609. The first-order valence-corrected chi connectivity index (χ1v) is 10.5. The molecule has 152 valence electrons. The predicted octanol–water partition coefficient (Wildman–Crippen LogP) is 4.23. The fourth-order valence-corrected chi connectivity index (χ4v) is 5.22. The highest BCUT2D eigenvalue weighted by Gasteiger charge is 2.37. The van der Waals surface area contributed by atoms with E-state index in [0.717, 1.165) is 29.8 Å². The quantitative estimate of drug-likeness (QED) is 0.784. The molecule has 28 heavy (non-hydrogen) atoms. The number of esters is 1. The Bertz CT molecular complexity index is 860. The molecule has 0 unspecified atom stereocenters. The number of aromatic nitrogens is 1. The average molecular weight is 385 g/mol. The molecule has 2 fully saturated rings. The lowest BCUT2D eigenvalue weighted by Crippen LogP contribution is -2.61. The molecule has 2 aromatic rings. The van der Waals surface area contributed by atoms with Crippen LogP contribution in [0.1, 0.15) is 61.6 Å². The second kappa shape index (κ2) is 7.53. The topological polar surface area (TPSA) is 52.5 Å². The molecule has 1 aliphatic carbocycles. The number of hydrogen-bond acceptors (Lipinski definition) is 4. The molecule has 5 nitrogen and oxygen atoms in total. The van der Waals surface area contributed by atoms with Crippen molar-refractivity contribution in [3.8, 4) is 0 Å². The zero-order valence-electron chi connectivity index (χ0n) is 17.5. The maximum atomic E-state index is 12.4. The molecule has 1 atom stereocenters. The molecule has 0 amide bonds. The van der Waals surface area contributed by atoms with Crippen molar-refractivity contribution in [1.29, 1.82) is 0 Å². The fourth-order valence-electron chi connectivity index (χ4n) is 5.22. The molecular formula is C23H32N2O3. The normalized spacial score (nSPS) is 25.3. The van der Waals surface area contributed by atoms with Crippen molar-refractivity contribution in [3.63, 3.8) is 0 Å². The summed E-state index contributed by atoms with van der Waals surface area (Å²) in [5.41, 5.74) is 3.02. The molecule has 2 aliphatic rings. The Labute approximate surface area is 167 Å². The number of rotatable bonds is 5. The van der Waals surface area contributed by atoms with Gasteiger partial charge in [0, 0.05) is 28.7 Å². The van der Waals surface area contributed by atoms with Gasteiger partial charge in [-0.25, -0.2) is 4.79 Å². The molecule has 0 radical (unpaired) electrons. The molecular weight excluding hydrogens is 352 g/mol.